The average molecular weight is 523 g/mol. The molecule has 3 aromatic rings. The Bertz CT molecular complexity index is 1300. The number of benzene rings is 3. The van der Waals surface area contributed by atoms with Crippen LogP contribution in [-0.4, -0.2) is 35.3 Å². The minimum atomic E-state index is -0.775. The van der Waals surface area contributed by atoms with E-state index in [1.165, 1.54) is 0 Å². The van der Waals surface area contributed by atoms with Crippen molar-refractivity contribution in [2.24, 2.45) is 0 Å². The average Bonchev–Trinajstić information content (AvgIpc) is 2.83. The molecule has 0 bridgehead atoms. The summed E-state index contributed by atoms with van der Waals surface area (Å²) >= 11 is 0. The molecule has 2 atom stereocenters. The van der Waals surface area contributed by atoms with Gasteiger partial charge in [-0.1, -0.05) is 57.2 Å². The number of fused-ring (bicyclic) bond motifs is 2. The summed E-state index contributed by atoms with van der Waals surface area (Å²) in [5, 5.41) is 3.21. The van der Waals surface area contributed by atoms with Crippen LogP contribution in [0.5, 0.6) is 11.5 Å². The van der Waals surface area contributed by atoms with Crippen molar-refractivity contribution in [3.63, 3.8) is 0 Å². The zero-order valence-corrected chi connectivity index (χ0v) is 24.3. The van der Waals surface area contributed by atoms with Crippen LogP contribution < -0.4 is 9.47 Å². The van der Waals surface area contributed by atoms with Crippen molar-refractivity contribution >= 4 is 33.5 Å². The summed E-state index contributed by atoms with van der Waals surface area (Å²) in [6, 6.07) is 13.9. The van der Waals surface area contributed by atoms with E-state index >= 15 is 0 Å². The third kappa shape index (κ3) is 6.97. The lowest BCUT2D eigenvalue weighted by atomic mass is 9.97. The lowest BCUT2D eigenvalue weighted by molar-refractivity contribution is -0.164. The topological polar surface area (TPSA) is 71.1 Å². The largest absolute Gasteiger partial charge is 0.477 e. The predicted molar refractivity (Wildman–Crippen MR) is 152 cm³/mol. The molecular formula is C32H42O6. The quantitative estimate of drug-likeness (QED) is 0.213. The second-order valence-electron chi connectivity index (χ2n) is 11.5. The summed E-state index contributed by atoms with van der Waals surface area (Å²) < 4.78 is 24.2. The number of carbonyl (C=O) groups excluding carboxylic acids is 2. The molecule has 0 saturated carbocycles. The van der Waals surface area contributed by atoms with Crippen molar-refractivity contribution in [1.29, 1.82) is 0 Å². The van der Waals surface area contributed by atoms with Gasteiger partial charge in [-0.25, -0.2) is 9.59 Å². The van der Waals surface area contributed by atoms with E-state index in [4.69, 9.17) is 18.9 Å². The van der Waals surface area contributed by atoms with E-state index in [2.05, 4.69) is 13.0 Å². The van der Waals surface area contributed by atoms with E-state index in [1.54, 1.807) is 0 Å². The Morgan fingerprint density at radius 2 is 1.08 bits per heavy atom. The summed E-state index contributed by atoms with van der Waals surface area (Å²) in [5.41, 5.74) is -0.127. The number of esters is 2. The molecule has 0 spiro atoms. The first kappa shape index (κ1) is 29.3. The summed E-state index contributed by atoms with van der Waals surface area (Å²) in [7, 11) is 0. The molecule has 0 aromatic heterocycles. The van der Waals surface area contributed by atoms with Gasteiger partial charge in [-0.15, -0.1) is 0 Å². The second-order valence-corrected chi connectivity index (χ2v) is 11.5. The van der Waals surface area contributed by atoms with Gasteiger partial charge in [0.1, 0.15) is 22.7 Å². The number of aryl methyl sites for hydroxylation is 1. The highest BCUT2D eigenvalue weighted by atomic mass is 16.6. The molecule has 2 unspecified atom stereocenters. The predicted octanol–water partition coefficient (Wildman–Crippen LogP) is 7.55. The van der Waals surface area contributed by atoms with Gasteiger partial charge in [0.25, 0.3) is 0 Å². The fourth-order valence-corrected chi connectivity index (χ4v) is 4.24. The Labute approximate surface area is 226 Å². The van der Waals surface area contributed by atoms with Crippen molar-refractivity contribution in [1.82, 2.24) is 0 Å². The summed E-state index contributed by atoms with van der Waals surface area (Å²) in [5.74, 6) is 0.383. The van der Waals surface area contributed by atoms with Crippen molar-refractivity contribution in [2.45, 2.75) is 105 Å². The Morgan fingerprint density at radius 3 is 1.47 bits per heavy atom. The lowest BCUT2D eigenvalue weighted by Gasteiger charge is -2.27. The van der Waals surface area contributed by atoms with Gasteiger partial charge in [-0.05, 0) is 72.4 Å². The Balaban J connectivity index is 2.21. The summed E-state index contributed by atoms with van der Waals surface area (Å²) in [4.78, 5) is 26.0. The van der Waals surface area contributed by atoms with Gasteiger partial charge in [0.2, 0.25) is 0 Å². The fraction of sp³-hybridized carbons (Fsp3) is 0.500. The van der Waals surface area contributed by atoms with E-state index in [9.17, 15) is 9.59 Å². The summed E-state index contributed by atoms with van der Waals surface area (Å²) in [6.07, 6.45) is 0.183. The van der Waals surface area contributed by atoms with Crippen LogP contribution in [-0.2, 0) is 25.5 Å². The molecule has 38 heavy (non-hydrogen) atoms. The van der Waals surface area contributed by atoms with E-state index in [0.717, 1.165) is 33.5 Å². The Hall–Kier alpha value is -3.28. The van der Waals surface area contributed by atoms with Crippen molar-refractivity contribution in [3.05, 3.63) is 48.0 Å². The number of carbonyl (C=O) groups is 2. The van der Waals surface area contributed by atoms with Gasteiger partial charge in [0, 0.05) is 21.5 Å². The van der Waals surface area contributed by atoms with Crippen molar-refractivity contribution in [3.8, 4) is 11.5 Å². The van der Waals surface area contributed by atoms with Gasteiger partial charge in [-0.3, -0.25) is 0 Å². The Morgan fingerprint density at radius 1 is 0.658 bits per heavy atom. The molecule has 0 heterocycles. The van der Waals surface area contributed by atoms with Crippen LogP contribution in [0.15, 0.2) is 42.5 Å². The molecule has 0 aliphatic heterocycles. The zero-order valence-electron chi connectivity index (χ0n) is 24.3. The van der Waals surface area contributed by atoms with Crippen LogP contribution in [0.25, 0.3) is 21.5 Å². The van der Waals surface area contributed by atoms with Gasteiger partial charge in [-0.2, -0.15) is 0 Å². The maximum atomic E-state index is 13.0. The first-order valence-corrected chi connectivity index (χ1v) is 13.5. The van der Waals surface area contributed by atoms with Crippen LogP contribution in [0.1, 0.15) is 80.7 Å². The Kier molecular flexibility index (Phi) is 8.96. The molecule has 0 aliphatic rings. The normalized spacial score (nSPS) is 13.7. The highest BCUT2D eigenvalue weighted by molar-refractivity contribution is 6.11. The van der Waals surface area contributed by atoms with E-state index < -0.39 is 35.3 Å². The maximum absolute atomic E-state index is 13.0. The molecule has 3 aromatic carbocycles. The maximum Gasteiger partial charge on any atom is 0.347 e. The number of hydrogen-bond donors (Lipinski definition) is 0. The minimum Gasteiger partial charge on any atom is -0.477 e. The van der Waals surface area contributed by atoms with Gasteiger partial charge < -0.3 is 18.9 Å². The molecule has 6 heteroatoms. The first-order chi connectivity index (χ1) is 17.8. The molecule has 6 nitrogen and oxygen atoms in total. The zero-order chi connectivity index (χ0) is 28.3. The SMILES string of the molecule is CCc1ccc2c(OC(CC)C(=O)OC(C)(C)C)c3ccccc3c(OC(CC)C(=O)OC(C)(C)C)c2c1. The van der Waals surface area contributed by atoms with Crippen LogP contribution >= 0.6 is 0 Å². The second kappa shape index (κ2) is 11.6. The molecule has 3 rings (SSSR count). The van der Waals surface area contributed by atoms with Gasteiger partial charge in [0.15, 0.2) is 12.2 Å². The number of hydrogen-bond acceptors (Lipinski definition) is 6. The van der Waals surface area contributed by atoms with Gasteiger partial charge >= 0.3 is 11.9 Å². The van der Waals surface area contributed by atoms with E-state index in [0.29, 0.717) is 24.3 Å². The van der Waals surface area contributed by atoms with Crippen LogP contribution in [0.2, 0.25) is 0 Å². The lowest BCUT2D eigenvalue weighted by Crippen LogP contribution is -2.35. The molecule has 0 radical (unpaired) electrons. The molecular weight excluding hydrogens is 480 g/mol. The van der Waals surface area contributed by atoms with Crippen molar-refractivity contribution in [2.75, 3.05) is 0 Å². The molecule has 0 aliphatic carbocycles. The molecule has 0 saturated heterocycles. The first-order valence-electron chi connectivity index (χ1n) is 13.5. The smallest absolute Gasteiger partial charge is 0.347 e. The standard InChI is InChI=1S/C32H42O6/c1-10-20-17-18-23-24(19-20)28(36-26(12-3)30(34)38-32(7,8)9)22-16-14-13-15-21(22)27(23)35-25(11-2)29(33)37-31(4,5)6/h13-19,25-26H,10-12H2,1-9H3. The number of ether oxygens (including phenoxy) is 4. The third-order valence-electron chi connectivity index (χ3n) is 6.00. The minimum absolute atomic E-state index is 0.403. The monoisotopic (exact) mass is 522 g/mol. The third-order valence-corrected chi connectivity index (χ3v) is 6.00. The highest BCUT2D eigenvalue weighted by Crippen LogP contribution is 2.44. The van der Waals surface area contributed by atoms with E-state index in [-0.39, 0.29) is 0 Å². The molecule has 0 amide bonds. The van der Waals surface area contributed by atoms with E-state index in [1.807, 2.05) is 91.8 Å². The molecule has 0 N–H and O–H groups in total. The molecule has 0 fully saturated rings. The van der Waals surface area contributed by atoms with Crippen LogP contribution in [0.4, 0.5) is 0 Å². The summed E-state index contributed by atoms with van der Waals surface area (Å²) in [6.45, 7) is 17.0. The fourth-order valence-electron chi connectivity index (χ4n) is 4.24. The van der Waals surface area contributed by atoms with Gasteiger partial charge in [0.05, 0.1) is 0 Å². The van der Waals surface area contributed by atoms with Crippen molar-refractivity contribution < 1.29 is 28.5 Å². The number of rotatable bonds is 9. The molecule has 206 valence electrons. The highest BCUT2D eigenvalue weighted by Gasteiger charge is 2.30. The van der Waals surface area contributed by atoms with Crippen LogP contribution in [0.3, 0.4) is 0 Å². The van der Waals surface area contributed by atoms with Crippen LogP contribution in [0, 0.1) is 0 Å².